The number of hydrogen-bond donors (Lipinski definition) is 1. The minimum Gasteiger partial charge on any atom is -0.467 e. The fraction of sp³-hybridized carbons (Fsp3) is 0.560. The van der Waals surface area contributed by atoms with Crippen molar-refractivity contribution in [2.75, 3.05) is 13.7 Å². The molecule has 1 aromatic heterocycles. The molecule has 2 heterocycles. The number of hydrogen-bond acceptors (Lipinski definition) is 7. The molecule has 1 aliphatic rings. The number of aryl methyl sites for hydroxylation is 1. The predicted molar refractivity (Wildman–Crippen MR) is 134 cm³/mol. The summed E-state index contributed by atoms with van der Waals surface area (Å²) in [5.41, 5.74) is -1.39. The Morgan fingerprint density at radius 2 is 1.89 bits per heavy atom. The normalized spacial score (nSPS) is 22.8. The number of aromatic amines is 1. The zero-order valence-corrected chi connectivity index (χ0v) is 22.5. The van der Waals surface area contributed by atoms with Crippen LogP contribution < -0.4 is 11.2 Å². The van der Waals surface area contributed by atoms with E-state index < -0.39 is 43.5 Å². The first-order valence-corrected chi connectivity index (χ1v) is 14.6. The maximum Gasteiger partial charge on any atom is 0.343 e. The van der Waals surface area contributed by atoms with Crippen LogP contribution in [-0.4, -0.2) is 49.3 Å². The number of nitrogens with one attached hydrogen (secondary N) is 1. The highest BCUT2D eigenvalue weighted by Gasteiger charge is 2.59. The van der Waals surface area contributed by atoms with E-state index in [-0.39, 0.29) is 24.7 Å². The van der Waals surface area contributed by atoms with Gasteiger partial charge in [0.15, 0.2) is 8.32 Å². The Hall–Kier alpha value is -2.53. The largest absolute Gasteiger partial charge is 0.467 e. The molecule has 0 radical (unpaired) electrons. The van der Waals surface area contributed by atoms with E-state index in [1.165, 1.54) is 17.9 Å². The van der Waals surface area contributed by atoms with Crippen LogP contribution in [0.25, 0.3) is 0 Å². The molecule has 0 amide bonds. The van der Waals surface area contributed by atoms with E-state index in [2.05, 4.69) is 38.8 Å². The van der Waals surface area contributed by atoms with Gasteiger partial charge >= 0.3 is 11.7 Å². The monoisotopic (exact) mass is 504 g/mol. The van der Waals surface area contributed by atoms with Gasteiger partial charge in [0, 0.05) is 18.2 Å². The van der Waals surface area contributed by atoms with Crippen LogP contribution in [0.1, 0.15) is 44.5 Å². The summed E-state index contributed by atoms with van der Waals surface area (Å²) in [4.78, 5) is 40.1. The Morgan fingerprint density at radius 3 is 2.49 bits per heavy atom. The van der Waals surface area contributed by atoms with Crippen LogP contribution in [0.4, 0.5) is 0 Å². The lowest BCUT2D eigenvalue weighted by atomic mass is 9.97. The fourth-order valence-electron chi connectivity index (χ4n) is 3.82. The summed E-state index contributed by atoms with van der Waals surface area (Å²) in [7, 11) is -1.08. The summed E-state index contributed by atoms with van der Waals surface area (Å²) in [5, 5.41) is -0.136. The number of methoxy groups -OCH3 is 1. The number of benzene rings is 1. The lowest BCUT2D eigenvalue weighted by molar-refractivity contribution is -0.191. The molecule has 0 spiro atoms. The van der Waals surface area contributed by atoms with Crippen LogP contribution in [0.2, 0.25) is 18.1 Å². The van der Waals surface area contributed by atoms with E-state index in [0.29, 0.717) is 5.56 Å². The van der Waals surface area contributed by atoms with Gasteiger partial charge in [0.25, 0.3) is 5.56 Å². The van der Waals surface area contributed by atoms with Gasteiger partial charge in [-0.1, -0.05) is 51.1 Å². The first-order chi connectivity index (χ1) is 16.3. The summed E-state index contributed by atoms with van der Waals surface area (Å²) in [5.74, 6) is -0.633. The van der Waals surface area contributed by atoms with E-state index in [0.717, 1.165) is 5.56 Å². The van der Waals surface area contributed by atoms with Crippen molar-refractivity contribution >= 4 is 14.3 Å². The second kappa shape index (κ2) is 10.2. The van der Waals surface area contributed by atoms with Crippen LogP contribution >= 0.6 is 0 Å². The SMILES string of the molecule is COC(=O)[C@]1(COCc2ccccc2)O[C@H](n2cc(C)c(=O)[nH]c2=O)C[C@@H]1O[Si](C)(C)C(C)(C)C. The van der Waals surface area contributed by atoms with Gasteiger partial charge in [0.1, 0.15) is 6.23 Å². The van der Waals surface area contributed by atoms with Gasteiger partial charge < -0.3 is 18.6 Å². The minimum absolute atomic E-state index is 0.124. The van der Waals surface area contributed by atoms with Gasteiger partial charge in [-0.25, -0.2) is 9.59 Å². The van der Waals surface area contributed by atoms with Crippen LogP contribution in [-0.2, 0) is 30.0 Å². The molecule has 0 unspecified atom stereocenters. The van der Waals surface area contributed by atoms with E-state index in [1.54, 1.807) is 6.92 Å². The fourth-order valence-corrected chi connectivity index (χ4v) is 5.17. The molecular weight excluding hydrogens is 468 g/mol. The van der Waals surface area contributed by atoms with Crippen LogP contribution in [0.5, 0.6) is 0 Å². The topological polar surface area (TPSA) is 109 Å². The van der Waals surface area contributed by atoms with Crippen LogP contribution in [0, 0.1) is 6.92 Å². The summed E-state index contributed by atoms with van der Waals surface area (Å²) in [6.45, 7) is 12.2. The molecule has 3 rings (SSSR count). The Labute approximate surface area is 206 Å². The number of carbonyl (C=O) groups excluding carboxylic acids is 1. The summed E-state index contributed by atoms with van der Waals surface area (Å²) in [6, 6.07) is 9.58. The number of nitrogens with zero attached hydrogens (tertiary/aromatic N) is 1. The molecule has 35 heavy (non-hydrogen) atoms. The standard InChI is InChI=1S/C25H36N2O7Si/c1-17-14-27(23(30)26-21(17)28)20-13-19(34-35(6,7)24(2,3)4)25(33-20,22(29)31-5)16-32-15-18-11-9-8-10-12-18/h8-12,14,19-20H,13,15-16H2,1-7H3,(H,26,28,30)/t19-,20-,25+/m0/s1. The lowest BCUT2D eigenvalue weighted by Gasteiger charge is -2.41. The molecule has 9 nitrogen and oxygen atoms in total. The van der Waals surface area contributed by atoms with Crippen molar-refractivity contribution in [3.63, 3.8) is 0 Å². The number of aromatic nitrogens is 2. The first-order valence-electron chi connectivity index (χ1n) is 11.7. The number of carbonyl (C=O) groups is 1. The van der Waals surface area contributed by atoms with Crippen molar-refractivity contribution in [3.8, 4) is 0 Å². The van der Waals surface area contributed by atoms with Gasteiger partial charge in [-0.05, 0) is 30.6 Å². The third-order valence-electron chi connectivity index (χ3n) is 6.94. The lowest BCUT2D eigenvalue weighted by Crippen LogP contribution is -2.57. The van der Waals surface area contributed by atoms with Crippen molar-refractivity contribution in [1.29, 1.82) is 0 Å². The van der Waals surface area contributed by atoms with E-state index in [9.17, 15) is 14.4 Å². The molecule has 1 fully saturated rings. The summed E-state index contributed by atoms with van der Waals surface area (Å²) >= 11 is 0. The van der Waals surface area contributed by atoms with E-state index in [4.69, 9.17) is 18.6 Å². The van der Waals surface area contributed by atoms with E-state index in [1.807, 2.05) is 30.3 Å². The van der Waals surface area contributed by atoms with Crippen molar-refractivity contribution in [2.24, 2.45) is 0 Å². The van der Waals surface area contributed by atoms with Crippen molar-refractivity contribution in [1.82, 2.24) is 9.55 Å². The number of rotatable bonds is 8. The second-order valence-electron chi connectivity index (χ2n) is 10.5. The molecule has 1 N–H and O–H groups in total. The van der Waals surface area contributed by atoms with Gasteiger partial charge in [-0.2, -0.15) is 0 Å². The van der Waals surface area contributed by atoms with E-state index >= 15 is 0 Å². The maximum absolute atomic E-state index is 13.3. The summed E-state index contributed by atoms with van der Waals surface area (Å²) < 4.78 is 25.5. The molecule has 10 heteroatoms. The zero-order chi connectivity index (χ0) is 26.0. The average Bonchev–Trinajstić information content (AvgIpc) is 3.14. The molecule has 1 aliphatic heterocycles. The number of ether oxygens (including phenoxy) is 3. The number of esters is 1. The Balaban J connectivity index is 2.01. The Kier molecular flexibility index (Phi) is 7.90. The molecule has 0 bridgehead atoms. The van der Waals surface area contributed by atoms with Crippen LogP contribution in [0.3, 0.4) is 0 Å². The molecule has 0 saturated carbocycles. The zero-order valence-electron chi connectivity index (χ0n) is 21.5. The highest BCUT2D eigenvalue weighted by Crippen LogP contribution is 2.45. The third-order valence-corrected chi connectivity index (χ3v) is 11.4. The molecule has 3 atom stereocenters. The molecule has 192 valence electrons. The quantitative estimate of drug-likeness (QED) is 0.434. The minimum atomic E-state index is -2.37. The van der Waals surface area contributed by atoms with Gasteiger partial charge in [-0.3, -0.25) is 14.3 Å². The van der Waals surface area contributed by atoms with Crippen molar-refractivity contribution in [3.05, 3.63) is 68.5 Å². The van der Waals surface area contributed by atoms with Crippen LogP contribution in [0.15, 0.2) is 46.1 Å². The molecule has 1 saturated heterocycles. The molecule has 0 aliphatic carbocycles. The van der Waals surface area contributed by atoms with Gasteiger partial charge in [0.2, 0.25) is 5.60 Å². The van der Waals surface area contributed by atoms with Gasteiger partial charge in [0.05, 0.1) is 26.4 Å². The average molecular weight is 505 g/mol. The molecule has 2 aromatic rings. The highest BCUT2D eigenvalue weighted by molar-refractivity contribution is 6.74. The highest BCUT2D eigenvalue weighted by atomic mass is 28.4. The van der Waals surface area contributed by atoms with Gasteiger partial charge in [-0.15, -0.1) is 0 Å². The number of H-pyrrole nitrogens is 1. The summed E-state index contributed by atoms with van der Waals surface area (Å²) in [6.07, 6.45) is 0.0674. The molecule has 1 aromatic carbocycles. The maximum atomic E-state index is 13.3. The Bertz CT molecular complexity index is 1150. The third kappa shape index (κ3) is 5.66. The molecular formula is C25H36N2O7Si. The predicted octanol–water partition coefficient (Wildman–Crippen LogP) is 3.28. The second-order valence-corrected chi connectivity index (χ2v) is 15.3. The van der Waals surface area contributed by atoms with Crippen molar-refractivity contribution in [2.45, 2.75) is 76.8 Å². The smallest absolute Gasteiger partial charge is 0.343 e. The Morgan fingerprint density at radius 1 is 1.23 bits per heavy atom. The van der Waals surface area contributed by atoms with Crippen molar-refractivity contribution < 1.29 is 23.4 Å². The first kappa shape index (κ1) is 27.1.